The summed E-state index contributed by atoms with van der Waals surface area (Å²) >= 11 is 9.53. The van der Waals surface area contributed by atoms with Gasteiger partial charge in [0, 0.05) is 27.5 Å². The van der Waals surface area contributed by atoms with Crippen LogP contribution < -0.4 is 0 Å². The molecule has 0 spiro atoms. The Morgan fingerprint density at radius 3 is 2.83 bits per heavy atom. The minimum atomic E-state index is 0.724. The zero-order valence-corrected chi connectivity index (χ0v) is 12.0. The number of pyridine rings is 1. The van der Waals surface area contributed by atoms with Gasteiger partial charge in [-0.3, -0.25) is 0 Å². The Kier molecular flexibility index (Phi) is 2.88. The van der Waals surface area contributed by atoms with Crippen molar-refractivity contribution in [1.29, 1.82) is 0 Å². The molecule has 0 aliphatic rings. The number of fused-ring (bicyclic) bond motifs is 1. The zero-order valence-electron chi connectivity index (χ0n) is 9.69. The number of rotatable bonds is 1. The summed E-state index contributed by atoms with van der Waals surface area (Å²) in [5.41, 5.74) is 4.06. The Labute approximate surface area is 118 Å². The standard InChI is InChI=1S/C14H10BrClN2/c1-9-5-14-17-13(8-18(14)7-12(9)15)10-3-2-4-11(16)6-10/h2-8H,1H3. The Balaban J connectivity index is 2.19. The van der Waals surface area contributed by atoms with Crippen LogP contribution in [0, 0.1) is 6.92 Å². The first-order valence-corrected chi connectivity index (χ1v) is 6.71. The predicted molar refractivity (Wildman–Crippen MR) is 78.1 cm³/mol. The maximum absolute atomic E-state index is 6.00. The van der Waals surface area contributed by atoms with Gasteiger partial charge in [-0.15, -0.1) is 0 Å². The monoisotopic (exact) mass is 320 g/mol. The lowest BCUT2D eigenvalue weighted by Crippen LogP contribution is -1.85. The molecule has 0 amide bonds. The third kappa shape index (κ3) is 2.04. The van der Waals surface area contributed by atoms with E-state index in [0.29, 0.717) is 0 Å². The fourth-order valence-electron chi connectivity index (χ4n) is 1.89. The molecule has 0 bridgehead atoms. The van der Waals surface area contributed by atoms with Crippen molar-refractivity contribution in [2.24, 2.45) is 0 Å². The van der Waals surface area contributed by atoms with Crippen molar-refractivity contribution in [2.75, 3.05) is 0 Å². The van der Waals surface area contributed by atoms with Crippen molar-refractivity contribution < 1.29 is 0 Å². The number of hydrogen-bond acceptors (Lipinski definition) is 1. The molecule has 2 aromatic heterocycles. The molecular weight excluding hydrogens is 312 g/mol. The van der Waals surface area contributed by atoms with Crippen LogP contribution in [0.5, 0.6) is 0 Å². The van der Waals surface area contributed by atoms with E-state index in [4.69, 9.17) is 11.6 Å². The molecular formula is C14H10BrClN2. The van der Waals surface area contributed by atoms with E-state index >= 15 is 0 Å². The summed E-state index contributed by atoms with van der Waals surface area (Å²) in [6.07, 6.45) is 4.02. The lowest BCUT2D eigenvalue weighted by molar-refractivity contribution is 1.16. The fraction of sp³-hybridized carbons (Fsp3) is 0.0714. The third-order valence-electron chi connectivity index (χ3n) is 2.86. The van der Waals surface area contributed by atoms with Crippen LogP contribution in [0.2, 0.25) is 5.02 Å². The first-order chi connectivity index (χ1) is 8.63. The molecule has 0 aliphatic heterocycles. The van der Waals surface area contributed by atoms with Gasteiger partial charge >= 0.3 is 0 Å². The minimum Gasteiger partial charge on any atom is -0.305 e. The van der Waals surface area contributed by atoms with Crippen molar-refractivity contribution >= 4 is 33.2 Å². The summed E-state index contributed by atoms with van der Waals surface area (Å²) in [6.45, 7) is 2.05. The maximum Gasteiger partial charge on any atom is 0.137 e. The molecule has 0 N–H and O–H groups in total. The molecule has 0 atom stereocenters. The molecule has 18 heavy (non-hydrogen) atoms. The topological polar surface area (TPSA) is 17.3 Å². The number of imidazole rings is 1. The van der Waals surface area contributed by atoms with Gasteiger partial charge in [0.2, 0.25) is 0 Å². The Bertz CT molecular complexity index is 695. The van der Waals surface area contributed by atoms with Gasteiger partial charge in [0.05, 0.1) is 5.69 Å². The highest BCUT2D eigenvalue weighted by Crippen LogP contribution is 2.24. The summed E-state index contributed by atoms with van der Waals surface area (Å²) in [7, 11) is 0. The van der Waals surface area contributed by atoms with E-state index in [2.05, 4.69) is 33.9 Å². The van der Waals surface area contributed by atoms with Gasteiger partial charge in [-0.2, -0.15) is 0 Å². The Morgan fingerprint density at radius 2 is 2.06 bits per heavy atom. The average molecular weight is 322 g/mol. The summed E-state index contributed by atoms with van der Waals surface area (Å²) < 4.78 is 3.08. The van der Waals surface area contributed by atoms with Crippen LogP contribution in [-0.4, -0.2) is 9.38 Å². The second-order valence-electron chi connectivity index (χ2n) is 4.21. The third-order valence-corrected chi connectivity index (χ3v) is 3.92. The zero-order chi connectivity index (χ0) is 12.7. The molecule has 0 unspecified atom stereocenters. The van der Waals surface area contributed by atoms with Gasteiger partial charge in [0.25, 0.3) is 0 Å². The van der Waals surface area contributed by atoms with Gasteiger partial charge in [0.1, 0.15) is 5.65 Å². The summed E-state index contributed by atoms with van der Waals surface area (Å²) in [4.78, 5) is 4.61. The molecule has 2 nitrogen and oxygen atoms in total. The molecule has 0 fully saturated rings. The van der Waals surface area contributed by atoms with Crippen molar-refractivity contribution in [3.05, 3.63) is 57.8 Å². The van der Waals surface area contributed by atoms with Crippen LogP contribution in [-0.2, 0) is 0 Å². The quantitative estimate of drug-likeness (QED) is 0.633. The lowest BCUT2D eigenvalue weighted by Gasteiger charge is -1.98. The van der Waals surface area contributed by atoms with Crippen LogP contribution >= 0.6 is 27.5 Å². The predicted octanol–water partition coefficient (Wildman–Crippen LogP) is 4.73. The Hall–Kier alpha value is -1.32. The second kappa shape index (κ2) is 4.41. The van der Waals surface area contributed by atoms with Crippen molar-refractivity contribution in [2.45, 2.75) is 6.92 Å². The van der Waals surface area contributed by atoms with E-state index < -0.39 is 0 Å². The summed E-state index contributed by atoms with van der Waals surface area (Å²) in [6, 6.07) is 9.78. The van der Waals surface area contributed by atoms with Crippen molar-refractivity contribution in [3.8, 4) is 11.3 Å². The number of aromatic nitrogens is 2. The number of hydrogen-bond donors (Lipinski definition) is 0. The Morgan fingerprint density at radius 1 is 1.22 bits per heavy atom. The van der Waals surface area contributed by atoms with E-state index in [1.807, 2.05) is 41.1 Å². The smallest absolute Gasteiger partial charge is 0.137 e. The molecule has 4 heteroatoms. The number of aryl methyl sites for hydroxylation is 1. The van der Waals surface area contributed by atoms with E-state index in [-0.39, 0.29) is 0 Å². The molecule has 0 radical (unpaired) electrons. The first-order valence-electron chi connectivity index (χ1n) is 5.54. The highest BCUT2D eigenvalue weighted by molar-refractivity contribution is 9.10. The molecule has 0 saturated carbocycles. The molecule has 2 heterocycles. The molecule has 0 aliphatic carbocycles. The van der Waals surface area contributed by atoms with E-state index in [1.54, 1.807) is 0 Å². The highest BCUT2D eigenvalue weighted by Gasteiger charge is 2.06. The first kappa shape index (κ1) is 11.8. The van der Waals surface area contributed by atoms with Crippen molar-refractivity contribution in [1.82, 2.24) is 9.38 Å². The van der Waals surface area contributed by atoms with Crippen LogP contribution in [0.25, 0.3) is 16.9 Å². The van der Waals surface area contributed by atoms with Gasteiger partial charge < -0.3 is 4.40 Å². The highest BCUT2D eigenvalue weighted by atomic mass is 79.9. The molecule has 0 saturated heterocycles. The summed E-state index contributed by atoms with van der Waals surface area (Å²) in [5.74, 6) is 0. The largest absolute Gasteiger partial charge is 0.305 e. The van der Waals surface area contributed by atoms with Gasteiger partial charge in [-0.05, 0) is 46.6 Å². The fourth-order valence-corrected chi connectivity index (χ4v) is 2.42. The van der Waals surface area contributed by atoms with Gasteiger partial charge in [0.15, 0.2) is 0 Å². The lowest BCUT2D eigenvalue weighted by atomic mass is 10.2. The maximum atomic E-state index is 6.00. The van der Waals surface area contributed by atoms with E-state index in [0.717, 1.165) is 26.4 Å². The molecule has 1 aromatic carbocycles. The normalized spacial score (nSPS) is 11.1. The summed E-state index contributed by atoms with van der Waals surface area (Å²) in [5, 5.41) is 0.724. The van der Waals surface area contributed by atoms with Crippen molar-refractivity contribution in [3.63, 3.8) is 0 Å². The SMILES string of the molecule is Cc1cc2nc(-c3cccc(Cl)c3)cn2cc1Br. The molecule has 90 valence electrons. The van der Waals surface area contributed by atoms with Crippen LogP contribution in [0.3, 0.4) is 0 Å². The van der Waals surface area contributed by atoms with E-state index in [1.165, 1.54) is 5.56 Å². The number of nitrogens with zero attached hydrogens (tertiary/aromatic N) is 2. The number of halogens is 2. The minimum absolute atomic E-state index is 0.724. The van der Waals surface area contributed by atoms with E-state index in [9.17, 15) is 0 Å². The van der Waals surface area contributed by atoms with Crippen LogP contribution in [0.1, 0.15) is 5.56 Å². The second-order valence-corrected chi connectivity index (χ2v) is 5.50. The molecule has 3 aromatic rings. The van der Waals surface area contributed by atoms with Crippen LogP contribution in [0.4, 0.5) is 0 Å². The van der Waals surface area contributed by atoms with Gasteiger partial charge in [-0.1, -0.05) is 23.7 Å². The number of benzene rings is 1. The van der Waals surface area contributed by atoms with Gasteiger partial charge in [-0.25, -0.2) is 4.98 Å². The molecule has 3 rings (SSSR count). The average Bonchev–Trinajstić information content (AvgIpc) is 2.73. The van der Waals surface area contributed by atoms with Crippen LogP contribution in [0.15, 0.2) is 47.2 Å².